The van der Waals surface area contributed by atoms with Gasteiger partial charge in [-0.1, -0.05) is 0 Å². The molecule has 0 spiro atoms. The number of carbonyl (C=O) groups is 1. The number of primary amides is 1. The van der Waals surface area contributed by atoms with E-state index in [1.54, 1.807) is 12.1 Å². The first-order valence-electron chi connectivity index (χ1n) is 3.56. The molecule has 0 aliphatic rings. The summed E-state index contributed by atoms with van der Waals surface area (Å²) in [5.41, 5.74) is 10.5. The highest BCUT2D eigenvalue weighted by molar-refractivity contribution is 5.79. The van der Waals surface area contributed by atoms with Gasteiger partial charge in [0.1, 0.15) is 11.6 Å². The molecule has 7 heteroatoms. The van der Waals surface area contributed by atoms with Gasteiger partial charge in [0.2, 0.25) is 0 Å². The summed E-state index contributed by atoms with van der Waals surface area (Å²) in [5.74, 6) is -0.134. The number of amides is 1. The predicted molar refractivity (Wildman–Crippen MR) is 45.7 cm³/mol. The first-order chi connectivity index (χ1) is 6.61. The summed E-state index contributed by atoms with van der Waals surface area (Å²) in [7, 11) is 0. The topological polar surface area (TPSA) is 135 Å². The lowest BCUT2D eigenvalue weighted by molar-refractivity contribution is 0.248. The van der Waals surface area contributed by atoms with Gasteiger partial charge < -0.3 is 11.5 Å². The van der Waals surface area contributed by atoms with Crippen LogP contribution < -0.4 is 11.5 Å². The third kappa shape index (κ3) is 1.34. The zero-order valence-electron chi connectivity index (χ0n) is 7.06. The van der Waals surface area contributed by atoms with Crippen molar-refractivity contribution in [2.24, 2.45) is 5.73 Å². The lowest BCUT2D eigenvalue weighted by atomic mass is 10.2. The van der Waals surface area contributed by atoms with E-state index in [4.69, 9.17) is 22.0 Å². The number of nitriles is 2. The van der Waals surface area contributed by atoms with Gasteiger partial charge in [-0.2, -0.15) is 20.3 Å². The van der Waals surface area contributed by atoms with Crippen molar-refractivity contribution in [1.82, 2.24) is 9.78 Å². The van der Waals surface area contributed by atoms with Crippen LogP contribution in [0.4, 0.5) is 10.6 Å². The van der Waals surface area contributed by atoms with Crippen LogP contribution in [-0.4, -0.2) is 15.8 Å². The van der Waals surface area contributed by atoms with Gasteiger partial charge in [-0.3, -0.25) is 0 Å². The molecule has 70 valence electrons. The summed E-state index contributed by atoms with van der Waals surface area (Å²) in [6, 6.07) is 2.67. The van der Waals surface area contributed by atoms with E-state index in [1.807, 2.05) is 0 Å². The van der Waals surface area contributed by atoms with Gasteiger partial charge in [-0.15, -0.1) is 0 Å². The maximum Gasteiger partial charge on any atom is 0.341 e. The summed E-state index contributed by atoms with van der Waals surface area (Å²) in [4.78, 5) is 10.8. The molecule has 0 aromatic carbocycles. The molecule has 0 radical (unpaired) electrons. The normalized spacial score (nSPS) is 9.00. The van der Waals surface area contributed by atoms with Crippen molar-refractivity contribution in [3.05, 3.63) is 11.3 Å². The number of hydrogen-bond acceptors (Lipinski definition) is 5. The summed E-state index contributed by atoms with van der Waals surface area (Å²) in [6.07, 6.45) is -0.0899. The average molecular weight is 190 g/mol. The number of nitrogen functional groups attached to an aromatic ring is 1. The molecule has 1 amide bonds. The van der Waals surface area contributed by atoms with E-state index >= 15 is 0 Å². The van der Waals surface area contributed by atoms with Gasteiger partial charge >= 0.3 is 6.03 Å². The Hall–Kier alpha value is -2.54. The van der Waals surface area contributed by atoms with Crippen molar-refractivity contribution in [3.63, 3.8) is 0 Å². The number of anilines is 1. The second-order valence-electron chi connectivity index (χ2n) is 2.40. The van der Waals surface area contributed by atoms with Crippen molar-refractivity contribution >= 4 is 11.8 Å². The first-order valence-corrected chi connectivity index (χ1v) is 3.56. The van der Waals surface area contributed by atoms with E-state index in [0.717, 1.165) is 0 Å². The number of rotatable bonds is 1. The van der Waals surface area contributed by atoms with E-state index in [0.29, 0.717) is 4.68 Å². The van der Waals surface area contributed by atoms with Gasteiger partial charge in [0.15, 0.2) is 5.82 Å². The largest absolute Gasteiger partial charge is 0.382 e. The summed E-state index contributed by atoms with van der Waals surface area (Å²) >= 11 is 0. The van der Waals surface area contributed by atoms with Crippen molar-refractivity contribution in [3.8, 4) is 12.1 Å². The molecule has 0 atom stereocenters. The summed E-state index contributed by atoms with van der Waals surface area (Å²) < 4.78 is 0.700. The first kappa shape index (κ1) is 9.55. The molecule has 4 N–H and O–H groups in total. The highest BCUT2D eigenvalue weighted by atomic mass is 16.2. The standard InChI is InChI=1S/C7H6N6O/c8-2-1-5-4(3-9)6(10)13(12-5)7(11)14/h1,10H2,(H2,11,14). The van der Waals surface area contributed by atoms with Crippen LogP contribution in [0.25, 0.3) is 0 Å². The Bertz CT molecular complexity index is 460. The van der Waals surface area contributed by atoms with E-state index < -0.39 is 6.03 Å². The summed E-state index contributed by atoms with van der Waals surface area (Å²) in [5, 5.41) is 20.7. The summed E-state index contributed by atoms with van der Waals surface area (Å²) in [6.45, 7) is 0. The van der Waals surface area contributed by atoms with Crippen LogP contribution in [-0.2, 0) is 6.42 Å². The Morgan fingerprint density at radius 2 is 2.21 bits per heavy atom. The lowest BCUT2D eigenvalue weighted by Gasteiger charge is -1.94. The number of aromatic nitrogens is 2. The molecule has 1 heterocycles. The molecule has 0 saturated carbocycles. The van der Waals surface area contributed by atoms with Gasteiger partial charge in [0.25, 0.3) is 0 Å². The minimum atomic E-state index is -0.886. The number of nitrogens with two attached hydrogens (primary N) is 2. The molecule has 0 aliphatic carbocycles. The third-order valence-corrected chi connectivity index (χ3v) is 1.56. The monoisotopic (exact) mass is 190 g/mol. The minimum Gasteiger partial charge on any atom is -0.382 e. The van der Waals surface area contributed by atoms with E-state index in [2.05, 4.69) is 5.10 Å². The van der Waals surface area contributed by atoms with Crippen molar-refractivity contribution < 1.29 is 4.79 Å². The van der Waals surface area contributed by atoms with Crippen molar-refractivity contribution in [2.75, 3.05) is 5.73 Å². The predicted octanol–water partition coefficient (Wildman–Crippen LogP) is -0.670. The number of carbonyl (C=O) groups excluding carboxylic acids is 1. The quantitative estimate of drug-likeness (QED) is 0.605. The van der Waals surface area contributed by atoms with Gasteiger partial charge in [0.05, 0.1) is 18.2 Å². The van der Waals surface area contributed by atoms with Crippen molar-refractivity contribution in [2.45, 2.75) is 6.42 Å². The van der Waals surface area contributed by atoms with Crippen LogP contribution >= 0.6 is 0 Å². The molecular formula is C7H6N6O. The van der Waals surface area contributed by atoms with E-state index in [9.17, 15) is 4.79 Å². The SMILES string of the molecule is N#CCc1nn(C(N)=O)c(N)c1C#N. The maximum atomic E-state index is 10.8. The highest BCUT2D eigenvalue weighted by Crippen LogP contribution is 2.15. The minimum absolute atomic E-state index is 0.0188. The fraction of sp³-hybridized carbons (Fsp3) is 0.143. The van der Waals surface area contributed by atoms with Crippen LogP contribution in [0.15, 0.2) is 0 Å². The lowest BCUT2D eigenvalue weighted by Crippen LogP contribution is -2.22. The van der Waals surface area contributed by atoms with Crippen LogP contribution in [0.5, 0.6) is 0 Å². The molecule has 1 aromatic heterocycles. The Morgan fingerprint density at radius 1 is 1.57 bits per heavy atom. The van der Waals surface area contributed by atoms with Crippen LogP contribution in [0, 0.1) is 22.7 Å². The Labute approximate surface area is 79.1 Å². The van der Waals surface area contributed by atoms with Gasteiger partial charge in [-0.25, -0.2) is 4.79 Å². The molecule has 7 nitrogen and oxygen atoms in total. The van der Waals surface area contributed by atoms with Gasteiger partial charge in [-0.05, 0) is 0 Å². The highest BCUT2D eigenvalue weighted by Gasteiger charge is 2.17. The number of nitrogens with zero attached hydrogens (tertiary/aromatic N) is 4. The molecule has 0 fully saturated rings. The van der Waals surface area contributed by atoms with Crippen LogP contribution in [0.2, 0.25) is 0 Å². The fourth-order valence-corrected chi connectivity index (χ4v) is 0.967. The third-order valence-electron chi connectivity index (χ3n) is 1.56. The zero-order chi connectivity index (χ0) is 10.7. The molecule has 1 rings (SSSR count). The number of hydrogen-bond donors (Lipinski definition) is 2. The molecule has 0 unspecified atom stereocenters. The molecule has 0 aliphatic heterocycles. The zero-order valence-corrected chi connectivity index (χ0v) is 7.06. The van der Waals surface area contributed by atoms with E-state index in [-0.39, 0.29) is 23.5 Å². The molecule has 1 aromatic rings. The smallest absolute Gasteiger partial charge is 0.341 e. The fourth-order valence-electron chi connectivity index (χ4n) is 0.967. The maximum absolute atomic E-state index is 10.8. The molecule has 0 saturated heterocycles. The average Bonchev–Trinajstić information content (AvgIpc) is 2.43. The van der Waals surface area contributed by atoms with E-state index in [1.165, 1.54) is 0 Å². The Morgan fingerprint density at radius 3 is 2.64 bits per heavy atom. The Kier molecular flexibility index (Phi) is 2.36. The van der Waals surface area contributed by atoms with Crippen LogP contribution in [0.1, 0.15) is 11.3 Å². The second kappa shape index (κ2) is 3.46. The van der Waals surface area contributed by atoms with Crippen molar-refractivity contribution in [1.29, 1.82) is 10.5 Å². The second-order valence-corrected chi connectivity index (χ2v) is 2.40. The Balaban J connectivity index is 3.35. The molecule has 0 bridgehead atoms. The molecule has 14 heavy (non-hydrogen) atoms. The van der Waals surface area contributed by atoms with Gasteiger partial charge in [0, 0.05) is 0 Å². The van der Waals surface area contributed by atoms with Crippen LogP contribution in [0.3, 0.4) is 0 Å². The molecular weight excluding hydrogens is 184 g/mol.